The van der Waals surface area contributed by atoms with E-state index in [0.717, 1.165) is 10.8 Å². The van der Waals surface area contributed by atoms with Gasteiger partial charge in [0.2, 0.25) is 0 Å². The van der Waals surface area contributed by atoms with Gasteiger partial charge in [-0.15, -0.1) is 0 Å². The van der Waals surface area contributed by atoms with Crippen LogP contribution in [0.3, 0.4) is 0 Å². The Morgan fingerprint density at radius 3 is 2.78 bits per heavy atom. The van der Waals surface area contributed by atoms with Gasteiger partial charge >= 0.3 is 5.69 Å². The van der Waals surface area contributed by atoms with Gasteiger partial charge in [0.15, 0.2) is 12.4 Å². The first-order chi connectivity index (χ1) is 8.45. The topological polar surface area (TPSA) is 105 Å². The first-order valence-electron chi connectivity index (χ1n) is 5.05. The van der Waals surface area contributed by atoms with E-state index < -0.39 is 42.5 Å². The van der Waals surface area contributed by atoms with E-state index in [1.807, 2.05) is 4.98 Å². The molecule has 1 aromatic heterocycles. The van der Waals surface area contributed by atoms with E-state index in [2.05, 4.69) is 0 Å². The molecule has 7 nitrogen and oxygen atoms in total. The Bertz CT molecular complexity index is 559. The van der Waals surface area contributed by atoms with Crippen LogP contribution < -0.4 is 11.2 Å². The molecule has 0 saturated carbocycles. The molecule has 0 amide bonds. The lowest BCUT2D eigenvalue weighted by molar-refractivity contribution is -0.0491. The fourth-order valence-corrected chi connectivity index (χ4v) is 1.88. The van der Waals surface area contributed by atoms with Gasteiger partial charge in [0.25, 0.3) is 5.56 Å². The summed E-state index contributed by atoms with van der Waals surface area (Å²) in [4.78, 5) is 24.4. The number of ether oxygens (including phenoxy) is 1. The molecular weight excluding hydrogens is 271 g/mol. The number of aliphatic hydroxyl groups is 2. The van der Waals surface area contributed by atoms with Gasteiger partial charge in [-0.25, -0.2) is 9.18 Å². The molecular formula is C9H10ClFN2O5. The van der Waals surface area contributed by atoms with Gasteiger partial charge in [0, 0.05) is 6.20 Å². The summed E-state index contributed by atoms with van der Waals surface area (Å²) in [5, 5.41) is 18.0. The third-order valence-corrected chi connectivity index (χ3v) is 2.94. The Labute approximate surface area is 104 Å². The molecule has 2 rings (SSSR count). The lowest BCUT2D eigenvalue weighted by Crippen LogP contribution is -2.36. The largest absolute Gasteiger partial charge is 0.394 e. The summed E-state index contributed by atoms with van der Waals surface area (Å²) in [6, 6.07) is 0. The van der Waals surface area contributed by atoms with E-state index >= 15 is 0 Å². The second kappa shape index (κ2) is 4.81. The van der Waals surface area contributed by atoms with E-state index in [1.165, 1.54) is 0 Å². The molecule has 0 unspecified atom stereocenters. The lowest BCUT2D eigenvalue weighted by atomic mass is 10.1. The minimum Gasteiger partial charge on any atom is -0.394 e. The molecule has 0 aliphatic carbocycles. The summed E-state index contributed by atoms with van der Waals surface area (Å²) in [5.74, 6) is 0. The van der Waals surface area contributed by atoms with Crippen molar-refractivity contribution in [2.24, 2.45) is 0 Å². The number of rotatable bonds is 2. The fourth-order valence-electron chi connectivity index (χ4n) is 1.73. The molecule has 0 aromatic carbocycles. The number of halogens is 2. The molecule has 1 saturated heterocycles. The number of aromatic nitrogens is 2. The number of aliphatic hydroxyl groups excluding tert-OH is 2. The molecule has 4 atom stereocenters. The van der Waals surface area contributed by atoms with E-state index in [0.29, 0.717) is 0 Å². The molecule has 0 radical (unpaired) electrons. The Balaban J connectivity index is 2.42. The van der Waals surface area contributed by atoms with Gasteiger partial charge < -0.3 is 14.9 Å². The van der Waals surface area contributed by atoms with Crippen molar-refractivity contribution in [1.29, 1.82) is 0 Å². The van der Waals surface area contributed by atoms with Crippen molar-refractivity contribution in [2.75, 3.05) is 6.61 Å². The van der Waals surface area contributed by atoms with E-state index in [-0.39, 0.29) is 5.02 Å². The smallest absolute Gasteiger partial charge is 0.330 e. The van der Waals surface area contributed by atoms with Crippen LogP contribution in [0, 0.1) is 0 Å². The first-order valence-corrected chi connectivity index (χ1v) is 5.43. The summed E-state index contributed by atoms with van der Waals surface area (Å²) >= 11 is 5.53. The second-order valence-electron chi connectivity index (χ2n) is 3.83. The van der Waals surface area contributed by atoms with Gasteiger partial charge in [0.1, 0.15) is 17.2 Å². The quantitative estimate of drug-likeness (QED) is 0.630. The molecule has 100 valence electrons. The summed E-state index contributed by atoms with van der Waals surface area (Å²) in [6.07, 6.45) is -5.13. The third-order valence-electron chi connectivity index (χ3n) is 2.67. The summed E-state index contributed by atoms with van der Waals surface area (Å²) in [5.41, 5.74) is -1.71. The van der Waals surface area contributed by atoms with Crippen molar-refractivity contribution < 1.29 is 19.3 Å². The Morgan fingerprint density at radius 2 is 2.22 bits per heavy atom. The number of hydrogen-bond acceptors (Lipinski definition) is 5. The Morgan fingerprint density at radius 1 is 1.56 bits per heavy atom. The van der Waals surface area contributed by atoms with Gasteiger partial charge in [-0.2, -0.15) is 0 Å². The number of nitrogens with zero attached hydrogens (tertiary/aromatic N) is 1. The van der Waals surface area contributed by atoms with Crippen LogP contribution in [-0.4, -0.2) is 44.8 Å². The van der Waals surface area contributed by atoms with Crippen molar-refractivity contribution in [3.8, 4) is 0 Å². The summed E-state index contributed by atoms with van der Waals surface area (Å²) in [7, 11) is 0. The highest BCUT2D eigenvalue weighted by atomic mass is 35.5. The van der Waals surface area contributed by atoms with Crippen molar-refractivity contribution in [3.63, 3.8) is 0 Å². The predicted molar refractivity (Wildman–Crippen MR) is 58.2 cm³/mol. The van der Waals surface area contributed by atoms with E-state index in [1.54, 1.807) is 0 Å². The normalized spacial score (nSPS) is 31.8. The average molecular weight is 281 g/mol. The van der Waals surface area contributed by atoms with Crippen LogP contribution in [0.15, 0.2) is 15.8 Å². The van der Waals surface area contributed by atoms with Crippen LogP contribution in [0.2, 0.25) is 5.02 Å². The predicted octanol–water partition coefficient (Wildman–Crippen LogP) is -1.22. The molecule has 2 heterocycles. The van der Waals surface area contributed by atoms with Crippen molar-refractivity contribution >= 4 is 11.6 Å². The van der Waals surface area contributed by atoms with Crippen LogP contribution in [0.1, 0.15) is 6.23 Å². The number of aromatic amines is 1. The average Bonchev–Trinajstić information content (AvgIpc) is 2.61. The number of H-pyrrole nitrogens is 1. The highest BCUT2D eigenvalue weighted by molar-refractivity contribution is 6.30. The highest BCUT2D eigenvalue weighted by Gasteiger charge is 2.45. The highest BCUT2D eigenvalue weighted by Crippen LogP contribution is 2.30. The van der Waals surface area contributed by atoms with Crippen LogP contribution in [-0.2, 0) is 4.74 Å². The monoisotopic (exact) mass is 280 g/mol. The van der Waals surface area contributed by atoms with Crippen LogP contribution in [0.5, 0.6) is 0 Å². The molecule has 1 aliphatic rings. The number of hydrogen-bond donors (Lipinski definition) is 3. The SMILES string of the molecule is O=c1[nH]c(=O)n([C@@H]2O[C@H](CO)[C@@H](O)[C@@H]2F)cc1Cl. The van der Waals surface area contributed by atoms with Gasteiger partial charge in [-0.3, -0.25) is 14.3 Å². The first kappa shape index (κ1) is 13.2. The molecule has 0 spiro atoms. The third kappa shape index (κ3) is 2.07. The fraction of sp³-hybridized carbons (Fsp3) is 0.556. The summed E-state index contributed by atoms with van der Waals surface area (Å²) in [6.45, 7) is -0.593. The molecule has 18 heavy (non-hydrogen) atoms. The van der Waals surface area contributed by atoms with Gasteiger partial charge in [0.05, 0.1) is 6.61 Å². The Hall–Kier alpha value is -1.22. The van der Waals surface area contributed by atoms with Crippen molar-refractivity contribution in [1.82, 2.24) is 9.55 Å². The van der Waals surface area contributed by atoms with Crippen molar-refractivity contribution in [2.45, 2.75) is 24.6 Å². The van der Waals surface area contributed by atoms with Gasteiger partial charge in [-0.1, -0.05) is 11.6 Å². The second-order valence-corrected chi connectivity index (χ2v) is 4.23. The molecule has 1 fully saturated rings. The number of alkyl halides is 1. The van der Waals surface area contributed by atoms with E-state index in [9.17, 15) is 19.1 Å². The maximum atomic E-state index is 13.7. The van der Waals surface area contributed by atoms with Crippen LogP contribution >= 0.6 is 11.6 Å². The van der Waals surface area contributed by atoms with Crippen molar-refractivity contribution in [3.05, 3.63) is 32.1 Å². The zero-order valence-corrected chi connectivity index (χ0v) is 9.67. The standard InChI is InChI=1S/C9H10ClFN2O5/c10-3-1-13(9(17)12-7(3)16)8-5(11)6(15)4(2-14)18-8/h1,4-6,8,14-15H,2H2,(H,12,16,17)/t4-,5+,6-,8-/m1/s1. The lowest BCUT2D eigenvalue weighted by Gasteiger charge is -2.15. The van der Waals surface area contributed by atoms with E-state index in [4.69, 9.17) is 21.4 Å². The Kier molecular flexibility index (Phi) is 3.53. The summed E-state index contributed by atoms with van der Waals surface area (Å²) < 4.78 is 19.5. The number of nitrogens with one attached hydrogen (secondary N) is 1. The van der Waals surface area contributed by atoms with Gasteiger partial charge in [-0.05, 0) is 0 Å². The molecule has 9 heteroatoms. The van der Waals surface area contributed by atoms with Crippen LogP contribution in [0.25, 0.3) is 0 Å². The maximum Gasteiger partial charge on any atom is 0.330 e. The maximum absolute atomic E-state index is 13.7. The zero-order chi connectivity index (χ0) is 13.4. The molecule has 0 bridgehead atoms. The molecule has 3 N–H and O–H groups in total. The zero-order valence-electron chi connectivity index (χ0n) is 8.92. The van der Waals surface area contributed by atoms with Crippen LogP contribution in [0.4, 0.5) is 4.39 Å². The molecule has 1 aliphatic heterocycles. The molecule has 1 aromatic rings. The minimum absolute atomic E-state index is 0.313. The minimum atomic E-state index is -1.91.